The van der Waals surface area contributed by atoms with Crippen molar-refractivity contribution < 1.29 is 0 Å². The molecule has 1 nitrogen and oxygen atoms in total. The Hall–Kier alpha value is -0.0400. The van der Waals surface area contributed by atoms with Gasteiger partial charge in [0, 0.05) is 0 Å². The van der Waals surface area contributed by atoms with Crippen LogP contribution in [0.5, 0.6) is 0 Å². The minimum absolute atomic E-state index is 0. The van der Waals surface area contributed by atoms with E-state index in [2.05, 4.69) is 19.2 Å². The second-order valence-corrected chi connectivity index (χ2v) is 9.02. The van der Waals surface area contributed by atoms with Crippen molar-refractivity contribution in [2.75, 3.05) is 13.1 Å². The molecule has 0 bridgehead atoms. The van der Waals surface area contributed by atoms with E-state index >= 15 is 0 Å². The molecule has 0 aromatic carbocycles. The SMILES string of the molecule is C.CC.CC.CCC(CCCC[C@H]1CCC[C@@H]2CNCC12)C1(C)CCCC1. The molecule has 1 N–H and O–H groups in total. The van der Waals surface area contributed by atoms with Gasteiger partial charge in [0.1, 0.15) is 0 Å². The van der Waals surface area contributed by atoms with Crippen molar-refractivity contribution in [1.29, 1.82) is 0 Å². The van der Waals surface area contributed by atoms with Gasteiger partial charge in [-0.15, -0.1) is 0 Å². The van der Waals surface area contributed by atoms with Crippen LogP contribution < -0.4 is 5.32 Å². The van der Waals surface area contributed by atoms with Gasteiger partial charge in [0.15, 0.2) is 0 Å². The molecular weight excluding hydrogens is 326 g/mol. The summed E-state index contributed by atoms with van der Waals surface area (Å²) in [5.74, 6) is 4.11. The molecule has 2 unspecified atom stereocenters. The van der Waals surface area contributed by atoms with E-state index < -0.39 is 0 Å². The van der Waals surface area contributed by atoms with Crippen LogP contribution in [-0.2, 0) is 0 Å². The van der Waals surface area contributed by atoms with Crippen LogP contribution in [0.4, 0.5) is 0 Å². The van der Waals surface area contributed by atoms with E-state index in [1.54, 1.807) is 0 Å². The lowest BCUT2D eigenvalue weighted by Crippen LogP contribution is -2.27. The molecule has 164 valence electrons. The predicted octanol–water partition coefficient (Wildman–Crippen LogP) is 8.48. The highest BCUT2D eigenvalue weighted by atomic mass is 14.9. The van der Waals surface area contributed by atoms with E-state index in [4.69, 9.17) is 0 Å². The second-order valence-electron chi connectivity index (χ2n) is 9.02. The number of unbranched alkanes of at least 4 members (excludes halogenated alkanes) is 1. The fourth-order valence-corrected chi connectivity index (χ4v) is 6.27. The van der Waals surface area contributed by atoms with Crippen LogP contribution >= 0.6 is 0 Å². The van der Waals surface area contributed by atoms with E-state index in [0.717, 1.165) is 23.7 Å². The average Bonchev–Trinajstić information content (AvgIpc) is 3.35. The first-order valence-electron chi connectivity index (χ1n) is 12.4. The van der Waals surface area contributed by atoms with Crippen molar-refractivity contribution >= 4 is 0 Å². The Morgan fingerprint density at radius 2 is 1.59 bits per heavy atom. The van der Waals surface area contributed by atoms with Gasteiger partial charge in [0.05, 0.1) is 0 Å². The highest BCUT2D eigenvalue weighted by Gasteiger charge is 2.37. The lowest BCUT2D eigenvalue weighted by molar-refractivity contribution is 0.161. The van der Waals surface area contributed by atoms with Gasteiger partial charge in [-0.3, -0.25) is 0 Å². The lowest BCUT2D eigenvalue weighted by Gasteiger charge is -2.35. The normalized spacial score (nSPS) is 29.3. The fraction of sp³-hybridized carbons (Fsp3) is 1.00. The second kappa shape index (κ2) is 14.9. The molecular formula is C26H55N. The summed E-state index contributed by atoms with van der Waals surface area (Å²) in [6, 6.07) is 0. The predicted molar refractivity (Wildman–Crippen MR) is 125 cm³/mol. The maximum Gasteiger partial charge on any atom is -0.00146 e. The van der Waals surface area contributed by atoms with Crippen LogP contribution in [0.1, 0.15) is 126 Å². The number of rotatable bonds is 7. The number of fused-ring (bicyclic) bond motifs is 1. The highest BCUT2D eigenvalue weighted by molar-refractivity contribution is 4.90. The van der Waals surface area contributed by atoms with E-state index in [-0.39, 0.29) is 7.43 Å². The standard InChI is InChI=1S/C21H39N.2C2H6.CH4/c1-3-19(21(2)13-6-7-14-21)12-5-4-9-17-10-8-11-18-15-22-16-20(17)18;2*1-2;/h17-20,22H,3-16H2,1-2H3;2*1-2H3;1H4/t17-,18+,19?,20?;;;/m0.../s1. The van der Waals surface area contributed by atoms with Crippen molar-refractivity contribution in [2.24, 2.45) is 29.1 Å². The molecule has 2 aliphatic carbocycles. The maximum atomic E-state index is 3.65. The molecule has 0 aromatic rings. The molecule has 27 heavy (non-hydrogen) atoms. The van der Waals surface area contributed by atoms with Gasteiger partial charge in [-0.25, -0.2) is 0 Å². The van der Waals surface area contributed by atoms with Crippen molar-refractivity contribution in [3.05, 3.63) is 0 Å². The minimum atomic E-state index is 0. The van der Waals surface area contributed by atoms with Gasteiger partial charge in [-0.05, 0) is 67.9 Å². The van der Waals surface area contributed by atoms with Gasteiger partial charge in [-0.1, -0.05) is 100 Å². The highest BCUT2D eigenvalue weighted by Crippen LogP contribution is 2.47. The molecule has 0 aromatic heterocycles. The third-order valence-electron chi connectivity index (χ3n) is 7.75. The summed E-state index contributed by atoms with van der Waals surface area (Å²) in [5.41, 5.74) is 0.695. The monoisotopic (exact) mass is 381 g/mol. The van der Waals surface area contributed by atoms with Crippen LogP contribution in [0.15, 0.2) is 0 Å². The summed E-state index contributed by atoms with van der Waals surface area (Å²) >= 11 is 0. The van der Waals surface area contributed by atoms with E-state index in [9.17, 15) is 0 Å². The first-order chi connectivity index (χ1) is 12.7. The minimum Gasteiger partial charge on any atom is -0.316 e. The van der Waals surface area contributed by atoms with Gasteiger partial charge < -0.3 is 5.32 Å². The first kappa shape index (κ1) is 27.0. The molecule has 0 radical (unpaired) electrons. The Balaban J connectivity index is 0.00000127. The van der Waals surface area contributed by atoms with Crippen molar-refractivity contribution in [3.63, 3.8) is 0 Å². The third-order valence-corrected chi connectivity index (χ3v) is 7.75. The number of nitrogens with one attached hydrogen (secondary N) is 1. The molecule has 1 heterocycles. The maximum absolute atomic E-state index is 3.65. The van der Waals surface area contributed by atoms with Gasteiger partial charge in [-0.2, -0.15) is 0 Å². The van der Waals surface area contributed by atoms with Gasteiger partial charge in [0.2, 0.25) is 0 Å². The molecule has 3 aliphatic rings. The summed E-state index contributed by atoms with van der Waals surface area (Å²) in [4.78, 5) is 0. The summed E-state index contributed by atoms with van der Waals surface area (Å²) in [5, 5.41) is 3.65. The quantitative estimate of drug-likeness (QED) is 0.436. The molecule has 2 saturated carbocycles. The Morgan fingerprint density at radius 1 is 0.926 bits per heavy atom. The molecule has 1 heteroatoms. The summed E-state index contributed by atoms with van der Waals surface area (Å²) < 4.78 is 0. The molecule has 4 atom stereocenters. The zero-order valence-corrected chi connectivity index (χ0v) is 19.2. The lowest BCUT2D eigenvalue weighted by atomic mass is 9.70. The Kier molecular flexibility index (Phi) is 14.9. The molecule has 3 rings (SSSR count). The van der Waals surface area contributed by atoms with Gasteiger partial charge in [0.25, 0.3) is 0 Å². The average molecular weight is 382 g/mol. The molecule has 1 saturated heterocycles. The molecule has 0 amide bonds. The van der Waals surface area contributed by atoms with Crippen LogP contribution in [-0.4, -0.2) is 13.1 Å². The van der Waals surface area contributed by atoms with E-state index in [1.807, 2.05) is 27.7 Å². The summed E-state index contributed by atoms with van der Waals surface area (Å²) in [7, 11) is 0. The summed E-state index contributed by atoms with van der Waals surface area (Å²) in [6.45, 7) is 15.7. The summed E-state index contributed by atoms with van der Waals surface area (Å²) in [6.07, 6.45) is 18.0. The van der Waals surface area contributed by atoms with Crippen LogP contribution in [0, 0.1) is 29.1 Å². The molecule has 0 spiro atoms. The zero-order chi connectivity index (χ0) is 19.4. The van der Waals surface area contributed by atoms with Crippen molar-refractivity contribution in [3.8, 4) is 0 Å². The van der Waals surface area contributed by atoms with E-state index in [0.29, 0.717) is 5.41 Å². The first-order valence-corrected chi connectivity index (χ1v) is 12.4. The number of hydrogen-bond acceptors (Lipinski definition) is 1. The number of hydrogen-bond donors (Lipinski definition) is 1. The van der Waals surface area contributed by atoms with Crippen LogP contribution in [0.2, 0.25) is 0 Å². The molecule has 3 fully saturated rings. The van der Waals surface area contributed by atoms with Crippen molar-refractivity contribution in [1.82, 2.24) is 5.32 Å². The molecule has 1 aliphatic heterocycles. The van der Waals surface area contributed by atoms with Crippen LogP contribution in [0.3, 0.4) is 0 Å². The zero-order valence-electron chi connectivity index (χ0n) is 19.2. The third kappa shape index (κ3) is 7.71. The van der Waals surface area contributed by atoms with E-state index in [1.165, 1.54) is 90.1 Å². The van der Waals surface area contributed by atoms with Crippen molar-refractivity contribution in [2.45, 2.75) is 126 Å². The smallest absolute Gasteiger partial charge is 0.00146 e. The Bertz CT molecular complexity index is 331. The Labute approximate surface area is 173 Å². The fourth-order valence-electron chi connectivity index (χ4n) is 6.27. The largest absolute Gasteiger partial charge is 0.316 e. The van der Waals surface area contributed by atoms with Gasteiger partial charge >= 0.3 is 0 Å². The topological polar surface area (TPSA) is 12.0 Å². The Morgan fingerprint density at radius 3 is 2.22 bits per heavy atom. The van der Waals surface area contributed by atoms with Crippen LogP contribution in [0.25, 0.3) is 0 Å².